The fraction of sp³-hybridized carbons (Fsp3) is 0.333. The van der Waals surface area contributed by atoms with Crippen molar-refractivity contribution in [3.05, 3.63) is 29.8 Å². The number of rotatable bonds is 1. The van der Waals surface area contributed by atoms with E-state index in [0.717, 1.165) is 0 Å². The first-order valence-corrected chi connectivity index (χ1v) is 3.69. The first-order valence-electron chi connectivity index (χ1n) is 3.69. The van der Waals surface area contributed by atoms with Crippen LogP contribution < -0.4 is 4.48 Å². The van der Waals surface area contributed by atoms with Gasteiger partial charge in [0.15, 0.2) is 11.6 Å². The molecule has 0 unspecified atom stereocenters. The van der Waals surface area contributed by atoms with Crippen molar-refractivity contribution in [1.29, 1.82) is 0 Å². The second-order valence-corrected chi connectivity index (χ2v) is 3.58. The molecular formula is C9H12F2N+. The molecule has 0 atom stereocenters. The zero-order valence-electron chi connectivity index (χ0n) is 7.44. The Kier molecular flexibility index (Phi) is 2.15. The van der Waals surface area contributed by atoms with Gasteiger partial charge in [-0.25, -0.2) is 8.78 Å². The lowest BCUT2D eigenvalue weighted by Crippen LogP contribution is -2.36. The molecule has 0 bridgehead atoms. The molecule has 0 aromatic heterocycles. The minimum absolute atomic E-state index is 0.0949. The second-order valence-electron chi connectivity index (χ2n) is 3.58. The number of hydrogen-bond donors (Lipinski definition) is 0. The lowest BCUT2D eigenvalue weighted by atomic mass is 10.2. The quantitative estimate of drug-likeness (QED) is 0.569. The Morgan fingerprint density at radius 1 is 1.00 bits per heavy atom. The predicted molar refractivity (Wildman–Crippen MR) is 45.9 cm³/mol. The highest BCUT2D eigenvalue weighted by Crippen LogP contribution is 2.24. The van der Waals surface area contributed by atoms with Gasteiger partial charge in [0.1, 0.15) is 0 Å². The van der Waals surface area contributed by atoms with Crippen LogP contribution in [-0.4, -0.2) is 21.1 Å². The summed E-state index contributed by atoms with van der Waals surface area (Å²) in [5.41, 5.74) is 0.0949. The normalized spacial score (nSPS) is 11.8. The van der Waals surface area contributed by atoms with Crippen molar-refractivity contribution < 1.29 is 8.78 Å². The predicted octanol–water partition coefficient (Wildman–Crippen LogP) is 2.16. The molecule has 0 saturated carbocycles. The summed E-state index contributed by atoms with van der Waals surface area (Å²) in [6, 6.07) is 3.90. The van der Waals surface area contributed by atoms with Crippen LogP contribution in [0.3, 0.4) is 0 Å². The molecule has 0 aliphatic heterocycles. The number of halogens is 2. The third-order valence-electron chi connectivity index (χ3n) is 1.61. The SMILES string of the molecule is C[N+](C)(C)c1c(F)cccc1F. The summed E-state index contributed by atoms with van der Waals surface area (Å²) >= 11 is 0. The zero-order valence-corrected chi connectivity index (χ0v) is 7.44. The van der Waals surface area contributed by atoms with Crippen molar-refractivity contribution in [2.45, 2.75) is 0 Å². The molecular weight excluding hydrogens is 160 g/mol. The maximum atomic E-state index is 13.1. The molecule has 0 aliphatic rings. The van der Waals surface area contributed by atoms with Gasteiger partial charge in [-0.05, 0) is 12.1 Å². The topological polar surface area (TPSA) is 0 Å². The van der Waals surface area contributed by atoms with Gasteiger partial charge in [-0.1, -0.05) is 6.07 Å². The maximum absolute atomic E-state index is 13.1. The van der Waals surface area contributed by atoms with Gasteiger partial charge in [0, 0.05) is 0 Å². The van der Waals surface area contributed by atoms with Crippen molar-refractivity contribution in [3.63, 3.8) is 0 Å². The van der Waals surface area contributed by atoms with Crippen LogP contribution in [0, 0.1) is 11.6 Å². The molecule has 0 aliphatic carbocycles. The highest BCUT2D eigenvalue weighted by atomic mass is 19.1. The Hall–Kier alpha value is -0.960. The largest absolute Gasteiger partial charge is 0.293 e. The van der Waals surface area contributed by atoms with Gasteiger partial charge in [0.25, 0.3) is 0 Å². The van der Waals surface area contributed by atoms with Crippen molar-refractivity contribution in [2.24, 2.45) is 0 Å². The number of nitrogens with zero attached hydrogens (tertiary/aromatic N) is 1. The average molecular weight is 172 g/mol. The Morgan fingerprint density at radius 3 is 1.67 bits per heavy atom. The monoisotopic (exact) mass is 172 g/mol. The van der Waals surface area contributed by atoms with E-state index in [0.29, 0.717) is 0 Å². The number of benzene rings is 1. The first kappa shape index (κ1) is 9.13. The van der Waals surface area contributed by atoms with E-state index >= 15 is 0 Å². The van der Waals surface area contributed by atoms with Crippen molar-refractivity contribution in [1.82, 2.24) is 4.48 Å². The summed E-state index contributed by atoms with van der Waals surface area (Å²) in [5.74, 6) is -0.995. The molecule has 0 spiro atoms. The average Bonchev–Trinajstić information content (AvgIpc) is 1.82. The van der Waals surface area contributed by atoms with E-state index in [1.165, 1.54) is 18.2 Å². The van der Waals surface area contributed by atoms with E-state index in [4.69, 9.17) is 0 Å². The minimum Gasteiger partial charge on any atom is -0.293 e. The number of para-hydroxylation sites is 1. The van der Waals surface area contributed by atoms with Crippen LogP contribution in [0.2, 0.25) is 0 Å². The van der Waals surface area contributed by atoms with Crippen LogP contribution in [0.1, 0.15) is 0 Å². The van der Waals surface area contributed by atoms with Gasteiger partial charge in [0.2, 0.25) is 5.69 Å². The van der Waals surface area contributed by atoms with E-state index < -0.39 is 11.6 Å². The summed E-state index contributed by atoms with van der Waals surface area (Å²) in [6.07, 6.45) is 0. The second kappa shape index (κ2) is 2.83. The zero-order chi connectivity index (χ0) is 9.35. The highest BCUT2D eigenvalue weighted by Gasteiger charge is 2.22. The third kappa shape index (κ3) is 1.61. The molecule has 1 aromatic carbocycles. The van der Waals surface area contributed by atoms with Crippen molar-refractivity contribution in [3.8, 4) is 0 Å². The maximum Gasteiger partial charge on any atom is 0.204 e. The molecule has 66 valence electrons. The van der Waals surface area contributed by atoms with E-state index in [2.05, 4.69) is 0 Å². The summed E-state index contributed by atoms with van der Waals surface area (Å²) in [4.78, 5) is 0. The molecule has 1 aromatic rings. The molecule has 12 heavy (non-hydrogen) atoms. The Labute approximate surface area is 70.8 Å². The van der Waals surface area contributed by atoms with Gasteiger partial charge in [-0.15, -0.1) is 0 Å². The third-order valence-corrected chi connectivity index (χ3v) is 1.61. The number of quaternary nitrogens is 1. The fourth-order valence-corrected chi connectivity index (χ4v) is 1.13. The van der Waals surface area contributed by atoms with Crippen LogP contribution in [0.5, 0.6) is 0 Å². The molecule has 1 rings (SSSR count). The van der Waals surface area contributed by atoms with Crippen LogP contribution in [-0.2, 0) is 0 Å². The Balaban J connectivity index is 3.31. The molecule has 1 nitrogen and oxygen atoms in total. The molecule has 0 heterocycles. The summed E-state index contributed by atoms with van der Waals surface area (Å²) in [6.45, 7) is 0. The van der Waals surface area contributed by atoms with E-state index in [1.54, 1.807) is 21.1 Å². The fourth-order valence-electron chi connectivity index (χ4n) is 1.13. The summed E-state index contributed by atoms with van der Waals surface area (Å²) < 4.78 is 26.3. The summed E-state index contributed by atoms with van der Waals surface area (Å²) in [5, 5.41) is 0. The van der Waals surface area contributed by atoms with Crippen LogP contribution in [0.15, 0.2) is 18.2 Å². The van der Waals surface area contributed by atoms with Gasteiger partial charge in [-0.3, -0.25) is 4.48 Å². The van der Waals surface area contributed by atoms with Crippen molar-refractivity contribution in [2.75, 3.05) is 21.1 Å². The lowest BCUT2D eigenvalue weighted by molar-refractivity contribution is 0.430. The lowest BCUT2D eigenvalue weighted by Gasteiger charge is -2.23. The molecule has 3 heteroatoms. The van der Waals surface area contributed by atoms with Gasteiger partial charge in [-0.2, -0.15) is 0 Å². The molecule has 0 saturated heterocycles. The van der Waals surface area contributed by atoms with Crippen LogP contribution in [0.4, 0.5) is 14.5 Å². The van der Waals surface area contributed by atoms with Crippen LogP contribution >= 0.6 is 0 Å². The smallest absolute Gasteiger partial charge is 0.204 e. The van der Waals surface area contributed by atoms with E-state index in [1.807, 2.05) is 0 Å². The molecule has 0 amide bonds. The Morgan fingerprint density at radius 2 is 1.42 bits per heavy atom. The minimum atomic E-state index is -0.498. The highest BCUT2D eigenvalue weighted by molar-refractivity contribution is 5.43. The molecule has 0 N–H and O–H groups in total. The van der Waals surface area contributed by atoms with Gasteiger partial charge < -0.3 is 0 Å². The Bertz CT molecular complexity index is 269. The first-order chi connectivity index (χ1) is 5.43. The van der Waals surface area contributed by atoms with Gasteiger partial charge >= 0.3 is 0 Å². The number of hydrogen-bond acceptors (Lipinski definition) is 0. The van der Waals surface area contributed by atoms with Crippen LogP contribution in [0.25, 0.3) is 0 Å². The van der Waals surface area contributed by atoms with E-state index in [-0.39, 0.29) is 10.2 Å². The molecule has 0 fully saturated rings. The standard InChI is InChI=1S/C9H12F2N/c1-12(2,3)9-7(10)5-4-6-8(9)11/h4-6H,1-3H3/q+1. The van der Waals surface area contributed by atoms with Crippen molar-refractivity contribution >= 4 is 5.69 Å². The summed E-state index contributed by atoms with van der Waals surface area (Å²) in [7, 11) is 5.17. The molecule has 0 radical (unpaired) electrons. The van der Waals surface area contributed by atoms with E-state index in [9.17, 15) is 8.78 Å². The van der Waals surface area contributed by atoms with Gasteiger partial charge in [0.05, 0.1) is 21.1 Å².